The van der Waals surface area contributed by atoms with Gasteiger partial charge in [0.05, 0.1) is 5.56 Å². The van der Waals surface area contributed by atoms with E-state index in [1.807, 2.05) is 0 Å². The highest BCUT2D eigenvalue weighted by atomic mass is 32.1. The Morgan fingerprint density at radius 1 is 1.15 bits per heavy atom. The van der Waals surface area contributed by atoms with Gasteiger partial charge < -0.3 is 10.2 Å². The highest BCUT2D eigenvalue weighted by Crippen LogP contribution is 2.30. The van der Waals surface area contributed by atoms with Gasteiger partial charge in [-0.3, -0.25) is 4.79 Å². The third-order valence-corrected chi connectivity index (χ3v) is 5.56. The predicted molar refractivity (Wildman–Crippen MR) is 83.6 cm³/mol. The number of nitrogens with one attached hydrogen (secondary N) is 1. The number of carbonyl (C=O) groups excluding carboxylic acids is 1. The lowest BCUT2D eigenvalue weighted by molar-refractivity contribution is 0.0946. The minimum absolute atomic E-state index is 0.140. The number of hydrogen-bond donors (Lipinski definition) is 1. The number of likely N-dealkylation sites (tertiary alicyclic amines) is 1. The van der Waals surface area contributed by atoms with Crippen LogP contribution < -0.4 is 5.32 Å². The second kappa shape index (κ2) is 6.72. The van der Waals surface area contributed by atoms with E-state index in [1.54, 1.807) is 11.3 Å². The molecule has 1 aromatic heterocycles. The normalized spacial score (nSPS) is 19.6. The third kappa shape index (κ3) is 3.23. The van der Waals surface area contributed by atoms with Gasteiger partial charge in [-0.2, -0.15) is 0 Å². The van der Waals surface area contributed by atoms with Crippen molar-refractivity contribution >= 4 is 17.2 Å². The highest BCUT2D eigenvalue weighted by molar-refractivity contribution is 7.10. The van der Waals surface area contributed by atoms with Crippen LogP contribution in [0.3, 0.4) is 0 Å². The molecular formula is C16H24N2OS. The summed E-state index contributed by atoms with van der Waals surface area (Å²) in [4.78, 5) is 16.2. The van der Waals surface area contributed by atoms with Crippen molar-refractivity contribution in [1.29, 1.82) is 0 Å². The van der Waals surface area contributed by atoms with Gasteiger partial charge in [0.2, 0.25) is 0 Å². The average Bonchev–Trinajstić information content (AvgIpc) is 2.92. The fraction of sp³-hybridized carbons (Fsp3) is 0.688. The summed E-state index contributed by atoms with van der Waals surface area (Å²) < 4.78 is 0. The smallest absolute Gasteiger partial charge is 0.252 e. The number of rotatable bonds is 4. The molecule has 20 heavy (non-hydrogen) atoms. The van der Waals surface area contributed by atoms with E-state index in [2.05, 4.69) is 15.6 Å². The molecule has 1 aromatic rings. The van der Waals surface area contributed by atoms with Crippen LogP contribution >= 0.6 is 11.3 Å². The van der Waals surface area contributed by atoms with Crippen molar-refractivity contribution < 1.29 is 4.79 Å². The molecule has 0 atom stereocenters. The van der Waals surface area contributed by atoms with Gasteiger partial charge in [-0.25, -0.2) is 0 Å². The van der Waals surface area contributed by atoms with E-state index >= 15 is 0 Å². The lowest BCUT2D eigenvalue weighted by atomic mass is 9.96. The minimum atomic E-state index is 0.140. The van der Waals surface area contributed by atoms with Gasteiger partial charge in [-0.15, -0.1) is 11.3 Å². The molecule has 1 saturated heterocycles. The molecule has 110 valence electrons. The Balaban J connectivity index is 1.50. The highest BCUT2D eigenvalue weighted by Gasteiger charge is 2.20. The first-order chi connectivity index (χ1) is 9.84. The fourth-order valence-corrected chi connectivity index (χ4v) is 4.42. The zero-order chi connectivity index (χ0) is 13.8. The molecule has 0 aromatic carbocycles. The number of fused-ring (bicyclic) bond motifs is 1. The van der Waals surface area contributed by atoms with Crippen molar-refractivity contribution in [3.05, 3.63) is 21.4 Å². The largest absolute Gasteiger partial charge is 0.351 e. The van der Waals surface area contributed by atoms with Gasteiger partial charge >= 0.3 is 0 Å². The van der Waals surface area contributed by atoms with Gasteiger partial charge in [-0.1, -0.05) is 6.42 Å². The molecule has 2 heterocycles. The Kier molecular flexibility index (Phi) is 4.73. The van der Waals surface area contributed by atoms with Crippen LogP contribution in [0.25, 0.3) is 0 Å². The molecule has 0 spiro atoms. The SMILES string of the molecule is O=C(NCCN1CCCCC1)c1csc2c1CCCC2. The third-order valence-electron chi connectivity index (χ3n) is 4.47. The monoisotopic (exact) mass is 292 g/mol. The Morgan fingerprint density at radius 3 is 2.80 bits per heavy atom. The van der Waals surface area contributed by atoms with Crippen LogP contribution in [0.4, 0.5) is 0 Å². The van der Waals surface area contributed by atoms with Crippen LogP contribution in [0.5, 0.6) is 0 Å². The number of carbonyl (C=O) groups is 1. The first-order valence-electron chi connectivity index (χ1n) is 7.94. The van der Waals surface area contributed by atoms with E-state index < -0.39 is 0 Å². The van der Waals surface area contributed by atoms with E-state index in [0.717, 1.165) is 25.1 Å². The quantitative estimate of drug-likeness (QED) is 0.925. The summed E-state index contributed by atoms with van der Waals surface area (Å²) in [6.45, 7) is 4.18. The van der Waals surface area contributed by atoms with Gasteiger partial charge in [0.25, 0.3) is 5.91 Å². The first kappa shape index (κ1) is 14.1. The van der Waals surface area contributed by atoms with Crippen LogP contribution in [0, 0.1) is 0 Å². The lowest BCUT2D eigenvalue weighted by Gasteiger charge is -2.26. The van der Waals surface area contributed by atoms with E-state index in [9.17, 15) is 4.79 Å². The Bertz CT molecular complexity index is 463. The van der Waals surface area contributed by atoms with Crippen molar-refractivity contribution in [3.8, 4) is 0 Å². The summed E-state index contributed by atoms with van der Waals surface area (Å²) in [5, 5.41) is 5.17. The fourth-order valence-electron chi connectivity index (χ4n) is 3.29. The molecule has 3 nitrogen and oxygen atoms in total. The van der Waals surface area contributed by atoms with E-state index in [1.165, 1.54) is 62.1 Å². The lowest BCUT2D eigenvalue weighted by Crippen LogP contribution is -2.37. The topological polar surface area (TPSA) is 32.3 Å². The van der Waals surface area contributed by atoms with Crippen LogP contribution in [0.1, 0.15) is 52.9 Å². The van der Waals surface area contributed by atoms with E-state index in [-0.39, 0.29) is 5.91 Å². The molecule has 0 radical (unpaired) electrons. The first-order valence-corrected chi connectivity index (χ1v) is 8.82. The Hall–Kier alpha value is -0.870. The van der Waals surface area contributed by atoms with Gasteiger partial charge in [0.15, 0.2) is 0 Å². The van der Waals surface area contributed by atoms with Crippen molar-refractivity contribution in [1.82, 2.24) is 10.2 Å². The molecule has 0 unspecified atom stereocenters. The summed E-state index contributed by atoms with van der Waals surface area (Å²) in [5.74, 6) is 0.140. The molecule has 0 saturated carbocycles. The van der Waals surface area contributed by atoms with Crippen molar-refractivity contribution in [2.75, 3.05) is 26.2 Å². The predicted octanol–water partition coefficient (Wildman–Crippen LogP) is 2.84. The maximum Gasteiger partial charge on any atom is 0.252 e. The molecule has 1 fully saturated rings. The van der Waals surface area contributed by atoms with Crippen molar-refractivity contribution in [2.45, 2.75) is 44.9 Å². The molecule has 0 bridgehead atoms. The molecule has 1 amide bonds. The number of piperidine rings is 1. The summed E-state index contributed by atoms with van der Waals surface area (Å²) in [5.41, 5.74) is 2.28. The number of thiophene rings is 1. The molecule has 1 aliphatic heterocycles. The maximum absolute atomic E-state index is 12.3. The average molecular weight is 292 g/mol. The Labute approximate surface area is 125 Å². The molecule has 1 aliphatic carbocycles. The van der Waals surface area contributed by atoms with Crippen LogP contribution in [-0.4, -0.2) is 37.0 Å². The summed E-state index contributed by atoms with van der Waals surface area (Å²) in [6.07, 6.45) is 8.76. The molecule has 2 aliphatic rings. The minimum Gasteiger partial charge on any atom is -0.351 e. The number of amides is 1. The number of nitrogens with zero attached hydrogens (tertiary/aromatic N) is 1. The van der Waals surface area contributed by atoms with Crippen molar-refractivity contribution in [2.24, 2.45) is 0 Å². The number of aryl methyl sites for hydroxylation is 1. The maximum atomic E-state index is 12.3. The summed E-state index contributed by atoms with van der Waals surface area (Å²) in [7, 11) is 0. The molecular weight excluding hydrogens is 268 g/mol. The van der Waals surface area contributed by atoms with E-state index in [0.29, 0.717) is 0 Å². The second-order valence-electron chi connectivity index (χ2n) is 5.92. The molecule has 1 N–H and O–H groups in total. The van der Waals surface area contributed by atoms with Crippen LogP contribution in [-0.2, 0) is 12.8 Å². The van der Waals surface area contributed by atoms with Gasteiger partial charge in [0, 0.05) is 23.3 Å². The van der Waals surface area contributed by atoms with Crippen LogP contribution in [0.2, 0.25) is 0 Å². The summed E-state index contributed by atoms with van der Waals surface area (Å²) in [6, 6.07) is 0. The number of hydrogen-bond acceptors (Lipinski definition) is 3. The zero-order valence-corrected chi connectivity index (χ0v) is 12.9. The van der Waals surface area contributed by atoms with Gasteiger partial charge in [-0.05, 0) is 57.2 Å². The molecule has 4 heteroatoms. The second-order valence-corrected chi connectivity index (χ2v) is 6.88. The summed E-state index contributed by atoms with van der Waals surface area (Å²) >= 11 is 1.77. The van der Waals surface area contributed by atoms with Crippen LogP contribution in [0.15, 0.2) is 5.38 Å². The van der Waals surface area contributed by atoms with Gasteiger partial charge in [0.1, 0.15) is 0 Å². The van der Waals surface area contributed by atoms with E-state index in [4.69, 9.17) is 0 Å². The Morgan fingerprint density at radius 2 is 1.95 bits per heavy atom. The zero-order valence-electron chi connectivity index (χ0n) is 12.1. The molecule has 3 rings (SSSR count). The van der Waals surface area contributed by atoms with Crippen molar-refractivity contribution in [3.63, 3.8) is 0 Å². The standard InChI is InChI=1S/C16H24N2OS/c19-16(17-8-11-18-9-4-1-5-10-18)14-12-20-15-7-3-2-6-13(14)15/h12H,1-11H2,(H,17,19).